The highest BCUT2D eigenvalue weighted by Crippen LogP contribution is 2.27. The second-order valence-corrected chi connectivity index (χ2v) is 7.73. The van der Waals surface area contributed by atoms with E-state index in [-0.39, 0.29) is 19.0 Å². The lowest BCUT2D eigenvalue weighted by Crippen LogP contribution is -2.29. The summed E-state index contributed by atoms with van der Waals surface area (Å²) >= 11 is 0. The number of oxazole rings is 1. The van der Waals surface area contributed by atoms with Crippen LogP contribution in [0.1, 0.15) is 36.8 Å². The second-order valence-electron chi connectivity index (χ2n) is 7.73. The molecule has 4 nitrogen and oxygen atoms in total. The van der Waals surface area contributed by atoms with E-state index in [1.165, 1.54) is 19.4 Å². The van der Waals surface area contributed by atoms with Crippen LogP contribution in [0.4, 0.5) is 0 Å². The van der Waals surface area contributed by atoms with E-state index in [1.807, 2.05) is 25.1 Å². The van der Waals surface area contributed by atoms with Crippen molar-refractivity contribution in [3.8, 4) is 22.6 Å². The number of nitrogens with zero attached hydrogens (tertiary/aromatic N) is 2. The average molecular weight is 413 g/mol. The van der Waals surface area contributed by atoms with Crippen LogP contribution < -0.4 is 0 Å². The summed E-state index contributed by atoms with van der Waals surface area (Å²) in [4.78, 5) is 7.31. The maximum atomic E-state index is 9.33. The molecule has 1 N–H and O–H groups in total. The van der Waals surface area contributed by atoms with Gasteiger partial charge < -0.3 is 14.4 Å². The van der Waals surface area contributed by atoms with Crippen molar-refractivity contribution < 1.29 is 9.52 Å². The molecule has 0 bridgehead atoms. The van der Waals surface area contributed by atoms with Gasteiger partial charge in [-0.3, -0.25) is 0 Å². The van der Waals surface area contributed by atoms with E-state index in [1.54, 1.807) is 0 Å². The Balaban J connectivity index is 0.00000240. The Kier molecular flexibility index (Phi) is 7.12. The van der Waals surface area contributed by atoms with E-state index in [9.17, 15) is 5.11 Å². The quantitative estimate of drug-likeness (QED) is 0.600. The highest BCUT2D eigenvalue weighted by atomic mass is 35.5. The standard InChI is InChI=1S/C24H28N2O2.ClH/c1-17-5-4-13-26(17)14-12-23-18(2)28-24(25-23)21-10-8-20(9-11-21)22-7-3-6-19(15-22)16-27;/h3,6-11,15,17,27H,4-5,12-14,16H2,1-2H3;1H/t17-;/m1./s1. The minimum Gasteiger partial charge on any atom is -0.441 e. The molecule has 2 heterocycles. The lowest BCUT2D eigenvalue weighted by atomic mass is 10.0. The molecule has 0 amide bonds. The van der Waals surface area contributed by atoms with Gasteiger partial charge in [-0.25, -0.2) is 4.98 Å². The Labute approximate surface area is 179 Å². The molecule has 1 aliphatic heterocycles. The van der Waals surface area contributed by atoms with Crippen LogP contribution in [0.25, 0.3) is 22.6 Å². The van der Waals surface area contributed by atoms with Crippen LogP contribution in [0.5, 0.6) is 0 Å². The van der Waals surface area contributed by atoms with Crippen molar-refractivity contribution in [2.45, 2.75) is 45.8 Å². The number of aliphatic hydroxyl groups excluding tert-OH is 1. The van der Waals surface area contributed by atoms with Crippen LogP contribution in [0.3, 0.4) is 0 Å². The Morgan fingerprint density at radius 1 is 1.10 bits per heavy atom. The SMILES string of the molecule is Cc1oc(-c2ccc(-c3cccc(CO)c3)cc2)nc1CCN1CCC[C@H]1C.Cl. The molecule has 5 heteroatoms. The molecule has 2 aromatic carbocycles. The fraction of sp³-hybridized carbons (Fsp3) is 0.375. The molecule has 1 fully saturated rings. The maximum absolute atomic E-state index is 9.33. The monoisotopic (exact) mass is 412 g/mol. The minimum absolute atomic E-state index is 0. The number of rotatable bonds is 6. The van der Waals surface area contributed by atoms with Gasteiger partial charge in [0.25, 0.3) is 0 Å². The molecule has 29 heavy (non-hydrogen) atoms. The molecule has 4 rings (SSSR count). The number of hydrogen-bond donors (Lipinski definition) is 1. The zero-order chi connectivity index (χ0) is 19.5. The van der Waals surface area contributed by atoms with Crippen molar-refractivity contribution in [3.05, 3.63) is 65.5 Å². The van der Waals surface area contributed by atoms with E-state index < -0.39 is 0 Å². The summed E-state index contributed by atoms with van der Waals surface area (Å²) in [6.45, 7) is 6.62. The summed E-state index contributed by atoms with van der Waals surface area (Å²) < 4.78 is 5.96. The van der Waals surface area contributed by atoms with Crippen molar-refractivity contribution in [1.29, 1.82) is 0 Å². The van der Waals surface area contributed by atoms with Gasteiger partial charge in [-0.15, -0.1) is 12.4 Å². The molecule has 1 aliphatic rings. The van der Waals surface area contributed by atoms with Crippen molar-refractivity contribution in [2.75, 3.05) is 13.1 Å². The predicted octanol–water partition coefficient (Wildman–Crippen LogP) is 5.26. The number of likely N-dealkylation sites (tertiary alicyclic amines) is 1. The number of aliphatic hydroxyl groups is 1. The summed E-state index contributed by atoms with van der Waals surface area (Å²) in [6.07, 6.45) is 3.54. The smallest absolute Gasteiger partial charge is 0.226 e. The second kappa shape index (κ2) is 9.57. The maximum Gasteiger partial charge on any atom is 0.226 e. The Morgan fingerprint density at radius 3 is 2.55 bits per heavy atom. The Hall–Kier alpha value is -2.14. The van der Waals surface area contributed by atoms with E-state index in [0.717, 1.165) is 46.7 Å². The largest absolute Gasteiger partial charge is 0.441 e. The van der Waals surface area contributed by atoms with Crippen molar-refractivity contribution >= 4 is 12.4 Å². The van der Waals surface area contributed by atoms with E-state index >= 15 is 0 Å². The first kappa shape index (κ1) is 21.6. The van der Waals surface area contributed by atoms with Crippen LogP contribution in [0.15, 0.2) is 52.9 Å². The number of halogens is 1. The van der Waals surface area contributed by atoms with Gasteiger partial charge in [0.15, 0.2) is 0 Å². The third-order valence-corrected chi connectivity index (χ3v) is 5.79. The molecule has 0 unspecified atom stereocenters. The van der Waals surface area contributed by atoms with Gasteiger partial charge in [0.2, 0.25) is 5.89 Å². The zero-order valence-corrected chi connectivity index (χ0v) is 17.9. The normalized spacial score (nSPS) is 16.7. The molecule has 0 aliphatic carbocycles. The van der Waals surface area contributed by atoms with Gasteiger partial charge in [0.05, 0.1) is 12.3 Å². The van der Waals surface area contributed by atoms with Crippen molar-refractivity contribution in [1.82, 2.24) is 9.88 Å². The fourth-order valence-electron chi connectivity index (χ4n) is 4.01. The van der Waals surface area contributed by atoms with Crippen LogP contribution in [0.2, 0.25) is 0 Å². The van der Waals surface area contributed by atoms with Crippen molar-refractivity contribution in [3.63, 3.8) is 0 Å². The summed E-state index contributed by atoms with van der Waals surface area (Å²) in [6, 6.07) is 16.9. The summed E-state index contributed by atoms with van der Waals surface area (Å²) in [7, 11) is 0. The molecular formula is C24H29ClN2O2. The number of aryl methyl sites for hydroxylation is 1. The first-order valence-corrected chi connectivity index (χ1v) is 10.1. The first-order valence-electron chi connectivity index (χ1n) is 10.1. The van der Waals surface area contributed by atoms with Crippen molar-refractivity contribution in [2.24, 2.45) is 0 Å². The number of aromatic nitrogens is 1. The lowest BCUT2D eigenvalue weighted by molar-refractivity contribution is 0.271. The van der Waals surface area contributed by atoms with Gasteiger partial charge in [0.1, 0.15) is 5.76 Å². The number of benzene rings is 2. The Bertz CT molecular complexity index is 936. The summed E-state index contributed by atoms with van der Waals surface area (Å²) in [5, 5.41) is 9.33. The third-order valence-electron chi connectivity index (χ3n) is 5.79. The molecule has 3 aromatic rings. The minimum atomic E-state index is 0. The molecule has 1 atom stereocenters. The van der Waals surface area contributed by atoms with Gasteiger partial charge in [-0.05, 0) is 68.1 Å². The molecule has 1 saturated heterocycles. The molecule has 1 aromatic heterocycles. The van der Waals surface area contributed by atoms with Gasteiger partial charge in [0, 0.05) is 24.6 Å². The van der Waals surface area contributed by atoms with E-state index in [0.29, 0.717) is 11.9 Å². The fourth-order valence-corrected chi connectivity index (χ4v) is 4.01. The molecule has 154 valence electrons. The predicted molar refractivity (Wildman–Crippen MR) is 119 cm³/mol. The van der Waals surface area contributed by atoms with Gasteiger partial charge >= 0.3 is 0 Å². The highest BCUT2D eigenvalue weighted by Gasteiger charge is 2.21. The van der Waals surface area contributed by atoms with Gasteiger partial charge in [-0.1, -0.05) is 30.3 Å². The van der Waals surface area contributed by atoms with Crippen LogP contribution >= 0.6 is 12.4 Å². The summed E-state index contributed by atoms with van der Waals surface area (Å²) in [5.41, 5.74) is 5.19. The highest BCUT2D eigenvalue weighted by molar-refractivity contribution is 5.85. The van der Waals surface area contributed by atoms with E-state index in [4.69, 9.17) is 9.40 Å². The average Bonchev–Trinajstić information content (AvgIpc) is 3.31. The molecular weight excluding hydrogens is 384 g/mol. The molecule has 0 radical (unpaired) electrons. The van der Waals surface area contributed by atoms with E-state index in [2.05, 4.69) is 42.2 Å². The summed E-state index contributed by atoms with van der Waals surface area (Å²) in [5.74, 6) is 1.61. The lowest BCUT2D eigenvalue weighted by Gasteiger charge is -2.20. The Morgan fingerprint density at radius 2 is 1.86 bits per heavy atom. The van der Waals surface area contributed by atoms with Crippen LogP contribution in [-0.4, -0.2) is 34.1 Å². The number of hydrogen-bond acceptors (Lipinski definition) is 4. The molecule has 0 spiro atoms. The zero-order valence-electron chi connectivity index (χ0n) is 17.1. The van der Waals surface area contributed by atoms with Crippen LogP contribution in [-0.2, 0) is 13.0 Å². The third kappa shape index (κ3) is 4.89. The molecule has 0 saturated carbocycles. The topological polar surface area (TPSA) is 49.5 Å². The first-order chi connectivity index (χ1) is 13.6. The van der Waals surface area contributed by atoms with Crippen LogP contribution in [0, 0.1) is 6.92 Å². The van der Waals surface area contributed by atoms with Gasteiger partial charge in [-0.2, -0.15) is 0 Å².